The Hall–Kier alpha value is -2.32. The van der Waals surface area contributed by atoms with Gasteiger partial charge in [-0.05, 0) is 26.0 Å². The molecule has 0 saturated carbocycles. The van der Waals surface area contributed by atoms with E-state index in [0.717, 1.165) is 30.3 Å². The minimum Gasteiger partial charge on any atom is -0.367 e. The van der Waals surface area contributed by atoms with Crippen LogP contribution < -0.4 is 0 Å². The first kappa shape index (κ1) is 16.2. The van der Waals surface area contributed by atoms with Crippen molar-refractivity contribution < 1.29 is 9.13 Å². The van der Waals surface area contributed by atoms with Gasteiger partial charge in [0.25, 0.3) is 0 Å². The largest absolute Gasteiger partial charge is 0.367 e. The number of benzene rings is 1. The number of nitrogens with zero attached hydrogens (tertiary/aromatic N) is 5. The average Bonchev–Trinajstić information content (AvgIpc) is 3.19. The monoisotopic (exact) mass is 344 g/mol. The molecule has 1 saturated heterocycles. The van der Waals surface area contributed by atoms with Crippen LogP contribution in [0.5, 0.6) is 0 Å². The molecule has 3 heterocycles. The molecule has 8 heteroatoms. The Morgan fingerprint density at radius 3 is 3.00 bits per heavy atom. The first-order valence-electron chi connectivity index (χ1n) is 8.52. The van der Waals surface area contributed by atoms with Crippen LogP contribution in [0, 0.1) is 12.7 Å². The summed E-state index contributed by atoms with van der Waals surface area (Å²) in [6.07, 6.45) is -0.158. The Labute approximate surface area is 144 Å². The lowest BCUT2D eigenvalue weighted by Gasteiger charge is -2.31. The number of aryl methyl sites for hydroxylation is 2. The Morgan fingerprint density at radius 2 is 2.24 bits per heavy atom. The minimum atomic E-state index is -0.276. The lowest BCUT2D eigenvalue weighted by atomic mass is 10.2. The van der Waals surface area contributed by atoms with Gasteiger partial charge in [-0.2, -0.15) is 5.10 Å². The molecule has 0 radical (unpaired) electrons. The number of para-hydroxylation sites is 1. The minimum absolute atomic E-state index is 0.158. The van der Waals surface area contributed by atoms with Crippen LogP contribution in [-0.2, 0) is 17.8 Å². The fraction of sp³-hybridized carbons (Fsp3) is 0.471. The van der Waals surface area contributed by atoms with Crippen molar-refractivity contribution in [3.05, 3.63) is 41.5 Å². The molecule has 1 aliphatic rings. The average molecular weight is 344 g/mol. The maximum atomic E-state index is 14.1. The summed E-state index contributed by atoms with van der Waals surface area (Å²) in [6.45, 7) is 7.42. The van der Waals surface area contributed by atoms with E-state index in [9.17, 15) is 4.39 Å². The molecular formula is C17H21FN6O. The van der Waals surface area contributed by atoms with Crippen molar-refractivity contribution in [1.82, 2.24) is 29.6 Å². The van der Waals surface area contributed by atoms with Crippen LogP contribution >= 0.6 is 0 Å². The zero-order valence-corrected chi connectivity index (χ0v) is 14.4. The van der Waals surface area contributed by atoms with Crippen LogP contribution in [-0.4, -0.2) is 49.3 Å². The smallest absolute Gasteiger partial charge is 0.180 e. The van der Waals surface area contributed by atoms with Gasteiger partial charge in [0.1, 0.15) is 23.3 Å². The maximum absolute atomic E-state index is 14.1. The van der Waals surface area contributed by atoms with Crippen molar-refractivity contribution in [2.45, 2.75) is 33.0 Å². The summed E-state index contributed by atoms with van der Waals surface area (Å²) < 4.78 is 21.9. The van der Waals surface area contributed by atoms with E-state index in [1.54, 1.807) is 6.07 Å². The Balaban J connectivity index is 1.57. The van der Waals surface area contributed by atoms with Gasteiger partial charge in [-0.15, -0.1) is 0 Å². The second-order valence-electron chi connectivity index (χ2n) is 6.25. The highest BCUT2D eigenvalue weighted by atomic mass is 19.1. The third-order valence-corrected chi connectivity index (χ3v) is 4.54. The third-order valence-electron chi connectivity index (χ3n) is 4.54. The molecular weight excluding hydrogens is 323 g/mol. The quantitative estimate of drug-likeness (QED) is 0.785. The summed E-state index contributed by atoms with van der Waals surface area (Å²) in [4.78, 5) is 11.2. The van der Waals surface area contributed by atoms with Crippen LogP contribution in [0.3, 0.4) is 0 Å². The number of aromatic nitrogens is 5. The van der Waals surface area contributed by atoms with Crippen molar-refractivity contribution in [3.8, 4) is 0 Å². The third kappa shape index (κ3) is 3.03. The Kier molecular flexibility index (Phi) is 4.22. The number of hydrogen-bond acceptors (Lipinski definition) is 5. The van der Waals surface area contributed by atoms with E-state index in [1.165, 1.54) is 6.07 Å². The summed E-state index contributed by atoms with van der Waals surface area (Å²) in [7, 11) is 0. The van der Waals surface area contributed by atoms with Gasteiger partial charge in [-0.1, -0.05) is 6.07 Å². The predicted molar refractivity (Wildman–Crippen MR) is 90.5 cm³/mol. The second-order valence-corrected chi connectivity index (χ2v) is 6.25. The standard InChI is InChI=1S/C17H21FN6O/c1-3-24-13-6-4-5-12(18)16(13)20-15(24)10-23-7-8-25-14(9-23)17-19-11(2)21-22-17/h4-6,14H,3,7-10H2,1-2H3,(H,19,21,22)/t14-/m1/s1. The molecule has 0 unspecified atom stereocenters. The molecule has 1 atom stereocenters. The van der Waals surface area contributed by atoms with Crippen LogP contribution in [0.4, 0.5) is 4.39 Å². The second kappa shape index (κ2) is 6.53. The van der Waals surface area contributed by atoms with Crippen LogP contribution in [0.25, 0.3) is 11.0 Å². The molecule has 1 aromatic carbocycles. The van der Waals surface area contributed by atoms with Crippen molar-refractivity contribution in [3.63, 3.8) is 0 Å². The number of nitrogens with one attached hydrogen (secondary N) is 1. The van der Waals surface area contributed by atoms with E-state index in [0.29, 0.717) is 31.0 Å². The van der Waals surface area contributed by atoms with E-state index >= 15 is 0 Å². The summed E-state index contributed by atoms with van der Waals surface area (Å²) in [5, 5.41) is 7.06. The van der Waals surface area contributed by atoms with Crippen molar-refractivity contribution in [1.29, 1.82) is 0 Å². The molecule has 25 heavy (non-hydrogen) atoms. The van der Waals surface area contributed by atoms with Crippen LogP contribution in [0.2, 0.25) is 0 Å². The van der Waals surface area contributed by atoms with Crippen LogP contribution in [0.1, 0.15) is 30.5 Å². The summed E-state index contributed by atoms with van der Waals surface area (Å²) >= 11 is 0. The number of fused-ring (bicyclic) bond motifs is 1. The molecule has 2 aromatic heterocycles. The molecule has 0 spiro atoms. The summed E-state index contributed by atoms with van der Waals surface area (Å²) in [6, 6.07) is 5.10. The predicted octanol–water partition coefficient (Wildman–Crippen LogP) is 2.20. The summed E-state index contributed by atoms with van der Waals surface area (Å²) in [5.41, 5.74) is 1.28. The number of ether oxygens (including phenoxy) is 1. The van der Waals surface area contributed by atoms with Gasteiger partial charge in [0, 0.05) is 19.6 Å². The SMILES string of the molecule is CCn1c(CN2CCO[C@@H](c3n[nH]c(C)n3)C2)nc2c(F)cccc21. The van der Waals surface area contributed by atoms with Gasteiger partial charge in [0.2, 0.25) is 0 Å². The highest BCUT2D eigenvalue weighted by Crippen LogP contribution is 2.23. The maximum Gasteiger partial charge on any atom is 0.180 e. The van der Waals surface area contributed by atoms with E-state index in [2.05, 4.69) is 29.6 Å². The number of hydrogen-bond donors (Lipinski definition) is 1. The molecule has 7 nitrogen and oxygen atoms in total. The van der Waals surface area contributed by atoms with Gasteiger partial charge in [-0.3, -0.25) is 10.00 Å². The molecule has 0 aliphatic carbocycles. The Bertz CT molecular complexity index is 889. The number of rotatable bonds is 4. The molecule has 1 aliphatic heterocycles. The first-order chi connectivity index (χ1) is 12.2. The van der Waals surface area contributed by atoms with Gasteiger partial charge < -0.3 is 9.30 Å². The van der Waals surface area contributed by atoms with Crippen molar-refractivity contribution in [2.24, 2.45) is 0 Å². The number of halogens is 1. The van der Waals surface area contributed by atoms with E-state index in [4.69, 9.17) is 4.74 Å². The van der Waals surface area contributed by atoms with E-state index in [1.807, 2.05) is 19.9 Å². The van der Waals surface area contributed by atoms with Gasteiger partial charge in [0.05, 0.1) is 18.7 Å². The van der Waals surface area contributed by atoms with Gasteiger partial charge >= 0.3 is 0 Å². The molecule has 1 fully saturated rings. The molecule has 1 N–H and O–H groups in total. The lowest BCUT2D eigenvalue weighted by molar-refractivity contribution is -0.0380. The zero-order chi connectivity index (χ0) is 17.4. The number of H-pyrrole nitrogens is 1. The highest BCUT2D eigenvalue weighted by molar-refractivity contribution is 5.76. The number of imidazole rings is 1. The topological polar surface area (TPSA) is 71.9 Å². The molecule has 0 amide bonds. The van der Waals surface area contributed by atoms with Crippen molar-refractivity contribution >= 4 is 11.0 Å². The van der Waals surface area contributed by atoms with Gasteiger partial charge in [-0.25, -0.2) is 14.4 Å². The number of aromatic amines is 1. The molecule has 3 aromatic rings. The Morgan fingerprint density at radius 1 is 1.36 bits per heavy atom. The van der Waals surface area contributed by atoms with Crippen molar-refractivity contribution in [2.75, 3.05) is 19.7 Å². The van der Waals surface area contributed by atoms with E-state index < -0.39 is 0 Å². The van der Waals surface area contributed by atoms with Gasteiger partial charge in [0.15, 0.2) is 11.6 Å². The zero-order valence-electron chi connectivity index (χ0n) is 14.4. The number of morpholine rings is 1. The highest BCUT2D eigenvalue weighted by Gasteiger charge is 2.26. The summed E-state index contributed by atoms with van der Waals surface area (Å²) in [5.74, 6) is 2.05. The first-order valence-corrected chi connectivity index (χ1v) is 8.52. The fourth-order valence-corrected chi connectivity index (χ4v) is 3.34. The fourth-order valence-electron chi connectivity index (χ4n) is 3.34. The van der Waals surface area contributed by atoms with Crippen LogP contribution in [0.15, 0.2) is 18.2 Å². The molecule has 0 bridgehead atoms. The van der Waals surface area contributed by atoms with E-state index in [-0.39, 0.29) is 11.9 Å². The molecule has 132 valence electrons. The normalized spacial score (nSPS) is 18.9. The molecule has 4 rings (SSSR count). The lowest BCUT2D eigenvalue weighted by Crippen LogP contribution is -2.38.